The molecule has 0 radical (unpaired) electrons. The molecule has 0 spiro atoms. The van der Waals surface area contributed by atoms with Gasteiger partial charge in [-0.05, 0) is 30.2 Å². The van der Waals surface area contributed by atoms with E-state index >= 15 is 0 Å². The second-order valence-corrected chi connectivity index (χ2v) is 9.50. The summed E-state index contributed by atoms with van der Waals surface area (Å²) in [7, 11) is -3.79. The largest absolute Gasteiger partial charge is 0.480 e. The molecule has 0 bridgehead atoms. The van der Waals surface area contributed by atoms with Crippen molar-refractivity contribution in [2.24, 2.45) is 0 Å². The molecule has 3 aromatic rings. The number of fused-ring (bicyclic) bond motifs is 1. The van der Waals surface area contributed by atoms with E-state index in [4.69, 9.17) is 0 Å². The molecular formula is C20H18N2O4S2. The van der Waals surface area contributed by atoms with Crippen LogP contribution < -0.4 is 0 Å². The van der Waals surface area contributed by atoms with Gasteiger partial charge in [-0.15, -0.1) is 11.3 Å². The van der Waals surface area contributed by atoms with Gasteiger partial charge in [-0.2, -0.15) is 4.31 Å². The maximum absolute atomic E-state index is 12.8. The van der Waals surface area contributed by atoms with Crippen LogP contribution in [0, 0.1) is 0 Å². The van der Waals surface area contributed by atoms with Gasteiger partial charge in [-0.25, -0.2) is 8.42 Å². The maximum atomic E-state index is 12.8. The number of nitrogens with zero attached hydrogens (tertiary/aromatic N) is 2. The van der Waals surface area contributed by atoms with E-state index in [1.165, 1.54) is 11.3 Å². The fourth-order valence-corrected chi connectivity index (χ4v) is 6.76. The summed E-state index contributed by atoms with van der Waals surface area (Å²) < 4.78 is 26.8. The number of carboxylic acids is 1. The molecule has 2 aromatic heterocycles. The highest BCUT2D eigenvalue weighted by atomic mass is 32.2. The summed E-state index contributed by atoms with van der Waals surface area (Å²) >= 11 is 1.39. The Morgan fingerprint density at radius 1 is 1.21 bits per heavy atom. The van der Waals surface area contributed by atoms with Gasteiger partial charge in [0, 0.05) is 21.5 Å². The van der Waals surface area contributed by atoms with E-state index in [-0.39, 0.29) is 17.9 Å². The highest BCUT2D eigenvalue weighted by Crippen LogP contribution is 2.42. The summed E-state index contributed by atoms with van der Waals surface area (Å²) in [5.41, 5.74) is 2.78. The van der Waals surface area contributed by atoms with Crippen LogP contribution in [0.5, 0.6) is 0 Å². The number of aliphatic carboxylic acids is 1. The van der Waals surface area contributed by atoms with E-state index in [0.717, 1.165) is 26.0 Å². The standard InChI is InChI=1S/C20H18N2O4S2/c1-2-16(20(23)24)22-12-18-19(28(22,25)26)11-17(27-18)14-8-6-13(7-9-14)15-5-3-4-10-21-15/h3-11,16H,2,12H2,1H3,(H,23,24). The van der Waals surface area contributed by atoms with Crippen LogP contribution in [0.25, 0.3) is 21.7 Å². The summed E-state index contributed by atoms with van der Waals surface area (Å²) in [6, 6.07) is 14.2. The van der Waals surface area contributed by atoms with Crippen LogP contribution in [0.3, 0.4) is 0 Å². The minimum atomic E-state index is -3.79. The molecule has 0 saturated heterocycles. The van der Waals surface area contributed by atoms with Gasteiger partial charge in [-0.3, -0.25) is 9.78 Å². The molecule has 1 N–H and O–H groups in total. The Bertz CT molecular complexity index is 1120. The Morgan fingerprint density at radius 3 is 2.50 bits per heavy atom. The highest BCUT2D eigenvalue weighted by molar-refractivity contribution is 7.89. The summed E-state index contributed by atoms with van der Waals surface area (Å²) in [6.45, 7) is 1.79. The van der Waals surface area contributed by atoms with Crippen LogP contribution in [-0.2, 0) is 21.4 Å². The number of hydrogen-bond donors (Lipinski definition) is 1. The minimum Gasteiger partial charge on any atom is -0.480 e. The lowest BCUT2D eigenvalue weighted by Gasteiger charge is -2.21. The second-order valence-electron chi connectivity index (χ2n) is 6.50. The summed E-state index contributed by atoms with van der Waals surface area (Å²) in [5.74, 6) is -1.12. The first kappa shape index (κ1) is 18.8. The number of rotatable bonds is 5. The molecule has 0 saturated carbocycles. The maximum Gasteiger partial charge on any atom is 0.322 e. The van der Waals surface area contributed by atoms with E-state index in [0.29, 0.717) is 4.88 Å². The predicted molar refractivity (Wildman–Crippen MR) is 107 cm³/mol. The topological polar surface area (TPSA) is 87.6 Å². The van der Waals surface area contributed by atoms with Crippen LogP contribution in [0.4, 0.5) is 0 Å². The SMILES string of the molecule is CCC(C(=O)O)N1Cc2sc(-c3ccc(-c4ccccn4)cc3)cc2S1(=O)=O. The molecule has 1 aliphatic heterocycles. The molecule has 1 aliphatic rings. The molecule has 8 heteroatoms. The predicted octanol–water partition coefficient (Wildman–Crippen LogP) is 3.84. The first-order chi connectivity index (χ1) is 13.4. The lowest BCUT2D eigenvalue weighted by atomic mass is 10.1. The number of thiophene rings is 1. The van der Waals surface area contributed by atoms with Crippen molar-refractivity contribution in [1.29, 1.82) is 0 Å². The fourth-order valence-electron chi connectivity index (χ4n) is 3.35. The monoisotopic (exact) mass is 414 g/mol. The number of carboxylic acid groups (broad SMARTS) is 1. The Balaban J connectivity index is 1.64. The first-order valence-electron chi connectivity index (χ1n) is 8.81. The minimum absolute atomic E-state index is 0.110. The number of aromatic nitrogens is 1. The third-order valence-electron chi connectivity index (χ3n) is 4.81. The Labute approximate surface area is 167 Å². The van der Waals surface area contributed by atoms with Crippen molar-refractivity contribution in [1.82, 2.24) is 9.29 Å². The van der Waals surface area contributed by atoms with E-state index in [2.05, 4.69) is 4.98 Å². The molecule has 3 heterocycles. The Hall–Kier alpha value is -2.55. The van der Waals surface area contributed by atoms with E-state index < -0.39 is 22.0 Å². The zero-order chi connectivity index (χ0) is 19.9. The van der Waals surface area contributed by atoms with Gasteiger partial charge >= 0.3 is 5.97 Å². The van der Waals surface area contributed by atoms with Crippen molar-refractivity contribution in [3.05, 3.63) is 59.6 Å². The Morgan fingerprint density at radius 2 is 1.93 bits per heavy atom. The van der Waals surface area contributed by atoms with Gasteiger partial charge in [0.25, 0.3) is 0 Å². The van der Waals surface area contributed by atoms with Crippen molar-refractivity contribution in [2.45, 2.75) is 30.8 Å². The number of carbonyl (C=O) groups is 1. The molecule has 4 rings (SSSR count). The smallest absolute Gasteiger partial charge is 0.322 e. The second kappa shape index (κ2) is 7.12. The zero-order valence-electron chi connectivity index (χ0n) is 15.1. The van der Waals surface area contributed by atoms with Crippen molar-refractivity contribution < 1.29 is 18.3 Å². The quantitative estimate of drug-likeness (QED) is 0.685. The van der Waals surface area contributed by atoms with Gasteiger partial charge in [-0.1, -0.05) is 37.3 Å². The molecule has 6 nitrogen and oxygen atoms in total. The average molecular weight is 415 g/mol. The Kier molecular flexibility index (Phi) is 4.78. The third-order valence-corrected chi connectivity index (χ3v) is 8.02. The first-order valence-corrected chi connectivity index (χ1v) is 11.1. The molecule has 0 fully saturated rings. The molecule has 1 aromatic carbocycles. The average Bonchev–Trinajstić information content (AvgIpc) is 3.22. The number of sulfonamides is 1. The normalized spacial score (nSPS) is 16.6. The summed E-state index contributed by atoms with van der Waals surface area (Å²) in [6.07, 6.45) is 1.97. The van der Waals surface area contributed by atoms with Crippen LogP contribution in [0.1, 0.15) is 18.2 Å². The van der Waals surface area contributed by atoms with Crippen molar-refractivity contribution >= 4 is 27.3 Å². The van der Waals surface area contributed by atoms with Crippen molar-refractivity contribution in [2.75, 3.05) is 0 Å². The van der Waals surface area contributed by atoms with Crippen LogP contribution in [0.2, 0.25) is 0 Å². The lowest BCUT2D eigenvalue weighted by Crippen LogP contribution is -2.40. The molecule has 144 valence electrons. The van der Waals surface area contributed by atoms with Crippen molar-refractivity contribution in [3.8, 4) is 21.7 Å². The molecular weight excluding hydrogens is 396 g/mol. The molecule has 1 atom stereocenters. The number of benzene rings is 1. The summed E-state index contributed by atoms with van der Waals surface area (Å²) in [5, 5.41) is 9.33. The molecule has 1 unspecified atom stereocenters. The van der Waals surface area contributed by atoms with Gasteiger partial charge in [0.05, 0.1) is 17.1 Å². The van der Waals surface area contributed by atoms with Crippen LogP contribution >= 0.6 is 11.3 Å². The fraction of sp³-hybridized carbons (Fsp3) is 0.200. The molecule has 0 amide bonds. The van der Waals surface area contributed by atoms with Gasteiger partial charge in [0.1, 0.15) is 6.04 Å². The van der Waals surface area contributed by atoms with Gasteiger partial charge in [0.15, 0.2) is 0 Å². The summed E-state index contributed by atoms with van der Waals surface area (Å²) in [4.78, 5) is 17.5. The lowest BCUT2D eigenvalue weighted by molar-refractivity contribution is -0.141. The van der Waals surface area contributed by atoms with Gasteiger partial charge < -0.3 is 5.11 Å². The van der Waals surface area contributed by atoms with E-state index in [1.807, 2.05) is 42.5 Å². The van der Waals surface area contributed by atoms with Crippen molar-refractivity contribution in [3.63, 3.8) is 0 Å². The van der Waals surface area contributed by atoms with E-state index in [1.54, 1.807) is 19.2 Å². The third kappa shape index (κ3) is 3.13. The van der Waals surface area contributed by atoms with Crippen LogP contribution in [0.15, 0.2) is 59.6 Å². The van der Waals surface area contributed by atoms with E-state index in [9.17, 15) is 18.3 Å². The molecule has 28 heavy (non-hydrogen) atoms. The zero-order valence-corrected chi connectivity index (χ0v) is 16.7. The number of pyridine rings is 1. The molecule has 0 aliphatic carbocycles. The highest BCUT2D eigenvalue weighted by Gasteiger charge is 2.42. The van der Waals surface area contributed by atoms with Crippen LogP contribution in [-0.4, -0.2) is 34.8 Å². The van der Waals surface area contributed by atoms with Gasteiger partial charge in [0.2, 0.25) is 10.0 Å². The number of hydrogen-bond acceptors (Lipinski definition) is 5.